The molecule has 3 aromatic heterocycles. The van der Waals surface area contributed by atoms with Crippen LogP contribution in [0.3, 0.4) is 0 Å². The molecule has 0 fully saturated rings. The smallest absolute Gasteiger partial charge is 0.225 e. The minimum atomic E-state index is 0.566. The summed E-state index contributed by atoms with van der Waals surface area (Å²) in [4.78, 5) is 15.3. The first-order valence-electron chi connectivity index (χ1n) is 8.15. The summed E-state index contributed by atoms with van der Waals surface area (Å²) in [6, 6.07) is 9.59. The van der Waals surface area contributed by atoms with Crippen molar-refractivity contribution in [3.63, 3.8) is 0 Å². The Balaban J connectivity index is 1.79. The Kier molecular flexibility index (Phi) is 5.58. The summed E-state index contributed by atoms with van der Waals surface area (Å²) in [5, 5.41) is 6.56. The van der Waals surface area contributed by atoms with E-state index in [2.05, 4.69) is 30.5 Å². The lowest BCUT2D eigenvalue weighted by Crippen LogP contribution is -2.21. The fraction of sp³-hybridized carbons (Fsp3) is 0.278. The molecule has 0 atom stereocenters. The number of hydrogen-bond donors (Lipinski definition) is 2. The molecule has 0 spiro atoms. The summed E-state index contributed by atoms with van der Waals surface area (Å²) in [7, 11) is 4.07. The van der Waals surface area contributed by atoms with Crippen LogP contribution in [0, 0.1) is 0 Å². The molecule has 25 heavy (non-hydrogen) atoms. The van der Waals surface area contributed by atoms with Crippen LogP contribution >= 0.6 is 0 Å². The van der Waals surface area contributed by atoms with Crippen molar-refractivity contribution < 1.29 is 4.42 Å². The highest BCUT2D eigenvalue weighted by atomic mass is 16.3. The maximum absolute atomic E-state index is 5.36. The number of nitrogens with one attached hydrogen (secondary N) is 2. The molecule has 130 valence electrons. The van der Waals surface area contributed by atoms with Crippen molar-refractivity contribution in [2.24, 2.45) is 0 Å². The predicted molar refractivity (Wildman–Crippen MR) is 98.3 cm³/mol. The number of likely N-dealkylation sites (N-methyl/N-ethyl adjacent to an activating group) is 1. The summed E-state index contributed by atoms with van der Waals surface area (Å²) >= 11 is 0. The van der Waals surface area contributed by atoms with Gasteiger partial charge in [-0.15, -0.1) is 0 Å². The Morgan fingerprint density at radius 1 is 1.08 bits per heavy atom. The van der Waals surface area contributed by atoms with Crippen molar-refractivity contribution in [1.29, 1.82) is 0 Å². The van der Waals surface area contributed by atoms with Crippen LogP contribution in [0.15, 0.2) is 53.4 Å². The second-order valence-electron chi connectivity index (χ2n) is 5.86. The van der Waals surface area contributed by atoms with E-state index in [1.807, 2.05) is 44.4 Å². The highest BCUT2D eigenvalue weighted by Gasteiger charge is 2.07. The highest BCUT2D eigenvalue weighted by molar-refractivity contribution is 5.63. The van der Waals surface area contributed by atoms with Crippen molar-refractivity contribution in [1.82, 2.24) is 19.9 Å². The molecule has 0 saturated heterocycles. The summed E-state index contributed by atoms with van der Waals surface area (Å²) in [5.74, 6) is 2.19. The summed E-state index contributed by atoms with van der Waals surface area (Å²) in [6.45, 7) is 2.24. The van der Waals surface area contributed by atoms with Crippen molar-refractivity contribution in [2.45, 2.75) is 6.54 Å². The summed E-state index contributed by atoms with van der Waals surface area (Å²) in [6.07, 6.45) is 5.17. The lowest BCUT2D eigenvalue weighted by molar-refractivity contribution is 0.425. The van der Waals surface area contributed by atoms with Gasteiger partial charge in [0.25, 0.3) is 0 Å². The van der Waals surface area contributed by atoms with Gasteiger partial charge >= 0.3 is 0 Å². The van der Waals surface area contributed by atoms with Crippen LogP contribution in [0.25, 0.3) is 11.3 Å². The van der Waals surface area contributed by atoms with Crippen LogP contribution in [0.4, 0.5) is 11.8 Å². The van der Waals surface area contributed by atoms with Crippen LogP contribution in [0.5, 0.6) is 0 Å². The van der Waals surface area contributed by atoms with Gasteiger partial charge in [0.1, 0.15) is 11.6 Å². The van der Waals surface area contributed by atoms with Gasteiger partial charge in [0.15, 0.2) is 0 Å². The molecule has 0 aliphatic carbocycles. The van der Waals surface area contributed by atoms with E-state index in [-0.39, 0.29) is 0 Å². The first kappa shape index (κ1) is 16.9. The van der Waals surface area contributed by atoms with Gasteiger partial charge in [-0.1, -0.05) is 0 Å². The fourth-order valence-corrected chi connectivity index (χ4v) is 2.27. The third kappa shape index (κ3) is 5.02. The summed E-state index contributed by atoms with van der Waals surface area (Å²) < 4.78 is 5.36. The number of pyridine rings is 1. The lowest BCUT2D eigenvalue weighted by Gasteiger charge is -2.13. The molecule has 0 aliphatic rings. The van der Waals surface area contributed by atoms with Gasteiger partial charge in [-0.2, -0.15) is 4.98 Å². The molecule has 0 amide bonds. The maximum Gasteiger partial charge on any atom is 0.225 e. The van der Waals surface area contributed by atoms with Gasteiger partial charge < -0.3 is 20.0 Å². The second kappa shape index (κ2) is 8.25. The zero-order chi connectivity index (χ0) is 17.5. The van der Waals surface area contributed by atoms with E-state index in [1.54, 1.807) is 18.7 Å². The number of rotatable bonds is 8. The van der Waals surface area contributed by atoms with Crippen molar-refractivity contribution >= 4 is 11.8 Å². The van der Waals surface area contributed by atoms with Crippen molar-refractivity contribution in [3.05, 3.63) is 54.7 Å². The summed E-state index contributed by atoms with van der Waals surface area (Å²) in [5.41, 5.74) is 1.83. The normalized spacial score (nSPS) is 10.8. The Labute approximate surface area is 147 Å². The molecular formula is C18H22N6O. The number of anilines is 2. The molecule has 3 rings (SSSR count). The molecule has 0 aliphatic heterocycles. The average molecular weight is 338 g/mol. The van der Waals surface area contributed by atoms with Crippen LogP contribution in [-0.2, 0) is 6.54 Å². The topological polar surface area (TPSA) is 79.1 Å². The number of aromatic nitrogens is 3. The number of hydrogen-bond acceptors (Lipinski definition) is 7. The molecule has 0 unspecified atom stereocenters. The van der Waals surface area contributed by atoms with Gasteiger partial charge in [-0.3, -0.25) is 4.98 Å². The quantitative estimate of drug-likeness (QED) is 0.654. The van der Waals surface area contributed by atoms with Crippen LogP contribution < -0.4 is 10.6 Å². The van der Waals surface area contributed by atoms with Gasteiger partial charge in [-0.05, 0) is 38.4 Å². The first-order valence-corrected chi connectivity index (χ1v) is 8.15. The van der Waals surface area contributed by atoms with E-state index in [1.165, 1.54) is 0 Å². The van der Waals surface area contributed by atoms with Crippen LogP contribution in [0.1, 0.15) is 5.76 Å². The molecule has 3 heterocycles. The van der Waals surface area contributed by atoms with Crippen molar-refractivity contribution in [2.75, 3.05) is 37.8 Å². The minimum absolute atomic E-state index is 0.566. The predicted octanol–water partition coefficient (Wildman–Crippen LogP) is 2.72. The molecule has 0 aromatic carbocycles. The molecular weight excluding hydrogens is 316 g/mol. The number of nitrogens with zero attached hydrogens (tertiary/aromatic N) is 4. The monoisotopic (exact) mass is 338 g/mol. The maximum atomic E-state index is 5.36. The van der Waals surface area contributed by atoms with Gasteiger partial charge in [-0.25, -0.2) is 4.98 Å². The lowest BCUT2D eigenvalue weighted by atomic mass is 10.2. The van der Waals surface area contributed by atoms with E-state index in [9.17, 15) is 0 Å². The second-order valence-corrected chi connectivity index (χ2v) is 5.86. The SMILES string of the molecule is CN(C)CCNc1nc(NCc2ccco2)cc(-c2ccncc2)n1. The number of furan rings is 1. The van der Waals surface area contributed by atoms with Crippen LogP contribution in [0.2, 0.25) is 0 Å². The van der Waals surface area contributed by atoms with E-state index < -0.39 is 0 Å². The largest absolute Gasteiger partial charge is 0.467 e. The average Bonchev–Trinajstić information content (AvgIpc) is 3.14. The minimum Gasteiger partial charge on any atom is -0.467 e. The zero-order valence-corrected chi connectivity index (χ0v) is 14.4. The zero-order valence-electron chi connectivity index (χ0n) is 14.4. The molecule has 7 heteroatoms. The van der Waals surface area contributed by atoms with Crippen molar-refractivity contribution in [3.8, 4) is 11.3 Å². The molecule has 0 saturated carbocycles. The van der Waals surface area contributed by atoms with Gasteiger partial charge in [0.05, 0.1) is 18.5 Å². The Morgan fingerprint density at radius 3 is 2.64 bits per heavy atom. The van der Waals surface area contributed by atoms with E-state index in [4.69, 9.17) is 4.42 Å². The van der Waals surface area contributed by atoms with E-state index in [0.717, 1.165) is 35.9 Å². The first-order chi connectivity index (χ1) is 12.2. The molecule has 7 nitrogen and oxygen atoms in total. The molecule has 3 aromatic rings. The van der Waals surface area contributed by atoms with E-state index >= 15 is 0 Å². The Hall–Kier alpha value is -2.93. The van der Waals surface area contributed by atoms with Gasteiger partial charge in [0, 0.05) is 37.1 Å². The molecule has 0 bridgehead atoms. The van der Waals surface area contributed by atoms with Crippen LogP contribution in [-0.4, -0.2) is 47.0 Å². The standard InChI is InChI=1S/C18H22N6O/c1-24(2)10-9-20-18-22-16(14-5-7-19-8-6-14)12-17(23-18)21-13-15-4-3-11-25-15/h3-8,11-12H,9-10,13H2,1-2H3,(H2,20,21,22,23). The van der Waals surface area contributed by atoms with Gasteiger partial charge in [0.2, 0.25) is 5.95 Å². The fourth-order valence-electron chi connectivity index (χ4n) is 2.27. The highest BCUT2D eigenvalue weighted by Crippen LogP contribution is 2.21. The Morgan fingerprint density at radius 2 is 1.92 bits per heavy atom. The third-order valence-electron chi connectivity index (χ3n) is 3.57. The van der Waals surface area contributed by atoms with E-state index in [0.29, 0.717) is 12.5 Å². The third-order valence-corrected chi connectivity index (χ3v) is 3.57. The Bertz CT molecular complexity index is 774. The molecule has 0 radical (unpaired) electrons. The molecule has 2 N–H and O–H groups in total.